The molecule has 28 heavy (non-hydrogen) atoms. The first-order chi connectivity index (χ1) is 13.5. The molecule has 1 heterocycles. The van der Waals surface area contributed by atoms with Crippen molar-refractivity contribution in [3.63, 3.8) is 0 Å². The zero-order valence-corrected chi connectivity index (χ0v) is 15.3. The molecule has 2 aromatic rings. The largest absolute Gasteiger partial charge is 0.368 e. The highest BCUT2D eigenvalue weighted by Gasteiger charge is 2.49. The molecule has 2 unspecified atom stereocenters. The number of hydrogen-bond acceptors (Lipinski definition) is 3. The summed E-state index contributed by atoms with van der Waals surface area (Å²) in [4.78, 5) is 28.9. The number of halogens is 2. The van der Waals surface area contributed by atoms with Crippen molar-refractivity contribution in [2.75, 3.05) is 36.4 Å². The summed E-state index contributed by atoms with van der Waals surface area (Å²) in [6.07, 6.45) is 0.526. The zero-order chi connectivity index (χ0) is 19.7. The molecule has 0 spiro atoms. The molecule has 4 rings (SSSR count). The molecule has 146 valence electrons. The number of piperazine rings is 1. The molecule has 1 saturated heterocycles. The van der Waals surface area contributed by atoms with Gasteiger partial charge in [0.2, 0.25) is 11.8 Å². The monoisotopic (exact) mass is 385 g/mol. The van der Waals surface area contributed by atoms with Gasteiger partial charge in [0.15, 0.2) is 0 Å². The lowest BCUT2D eigenvalue weighted by molar-refractivity contribution is -0.134. The van der Waals surface area contributed by atoms with Gasteiger partial charge in [-0.05, 0) is 48.9 Å². The maximum absolute atomic E-state index is 13.2. The van der Waals surface area contributed by atoms with Gasteiger partial charge in [0.05, 0.1) is 11.8 Å². The van der Waals surface area contributed by atoms with Crippen LogP contribution in [0.15, 0.2) is 48.5 Å². The van der Waals surface area contributed by atoms with Gasteiger partial charge in [0.25, 0.3) is 0 Å². The lowest BCUT2D eigenvalue weighted by Crippen LogP contribution is -2.49. The topological polar surface area (TPSA) is 52.7 Å². The van der Waals surface area contributed by atoms with E-state index in [0.717, 1.165) is 5.69 Å². The molecule has 1 aliphatic carbocycles. The van der Waals surface area contributed by atoms with Crippen LogP contribution in [0.2, 0.25) is 0 Å². The summed E-state index contributed by atoms with van der Waals surface area (Å²) in [5.74, 6) is -1.59. The van der Waals surface area contributed by atoms with Crippen molar-refractivity contribution >= 4 is 23.2 Å². The van der Waals surface area contributed by atoms with Crippen LogP contribution in [0.4, 0.5) is 20.2 Å². The Morgan fingerprint density at radius 1 is 0.893 bits per heavy atom. The fourth-order valence-electron chi connectivity index (χ4n) is 3.63. The molecule has 1 saturated carbocycles. The number of carbonyl (C=O) groups excluding carboxylic acids is 2. The molecule has 1 N–H and O–H groups in total. The molecule has 2 fully saturated rings. The maximum Gasteiger partial charge on any atom is 0.228 e. The second-order valence-electron chi connectivity index (χ2n) is 7.24. The van der Waals surface area contributed by atoms with Gasteiger partial charge in [-0.1, -0.05) is 6.07 Å². The number of anilines is 2. The second-order valence-corrected chi connectivity index (χ2v) is 7.24. The van der Waals surface area contributed by atoms with Gasteiger partial charge < -0.3 is 15.1 Å². The minimum absolute atomic E-state index is 0.00171. The van der Waals surface area contributed by atoms with E-state index in [2.05, 4.69) is 10.2 Å². The lowest BCUT2D eigenvalue weighted by atomic mass is 10.2. The Balaban J connectivity index is 1.28. The first-order valence-corrected chi connectivity index (χ1v) is 9.37. The van der Waals surface area contributed by atoms with Crippen molar-refractivity contribution in [1.82, 2.24) is 4.90 Å². The van der Waals surface area contributed by atoms with Crippen molar-refractivity contribution in [2.24, 2.45) is 11.8 Å². The number of hydrogen-bond donors (Lipinski definition) is 1. The Bertz CT molecular complexity index is 879. The van der Waals surface area contributed by atoms with E-state index in [1.807, 2.05) is 0 Å². The average Bonchev–Trinajstić information content (AvgIpc) is 3.49. The molecule has 0 aromatic heterocycles. The van der Waals surface area contributed by atoms with Crippen molar-refractivity contribution in [3.05, 3.63) is 60.2 Å². The van der Waals surface area contributed by atoms with Gasteiger partial charge in [-0.2, -0.15) is 0 Å². The predicted molar refractivity (Wildman–Crippen MR) is 102 cm³/mol. The highest BCUT2D eigenvalue weighted by Crippen LogP contribution is 2.41. The summed E-state index contributed by atoms with van der Waals surface area (Å²) >= 11 is 0. The molecule has 1 aliphatic heterocycles. The molecule has 0 radical (unpaired) electrons. The van der Waals surface area contributed by atoms with Gasteiger partial charge in [-0.3, -0.25) is 9.59 Å². The Morgan fingerprint density at radius 3 is 2.29 bits per heavy atom. The summed E-state index contributed by atoms with van der Waals surface area (Å²) in [5.41, 5.74) is 1.34. The van der Waals surface area contributed by atoms with Gasteiger partial charge in [0, 0.05) is 37.6 Å². The van der Waals surface area contributed by atoms with E-state index in [-0.39, 0.29) is 29.5 Å². The quantitative estimate of drug-likeness (QED) is 0.881. The van der Waals surface area contributed by atoms with Crippen LogP contribution in [0.1, 0.15) is 6.42 Å². The Morgan fingerprint density at radius 2 is 1.61 bits per heavy atom. The van der Waals surface area contributed by atoms with Crippen molar-refractivity contribution < 1.29 is 18.4 Å². The highest BCUT2D eigenvalue weighted by molar-refractivity contribution is 5.99. The number of benzene rings is 2. The summed E-state index contributed by atoms with van der Waals surface area (Å²) in [7, 11) is 0. The third-order valence-electron chi connectivity index (χ3n) is 5.32. The van der Waals surface area contributed by atoms with Gasteiger partial charge >= 0.3 is 0 Å². The third kappa shape index (κ3) is 3.98. The van der Waals surface area contributed by atoms with Gasteiger partial charge in [0.1, 0.15) is 11.6 Å². The Hall–Kier alpha value is -2.96. The minimum Gasteiger partial charge on any atom is -0.368 e. The number of amides is 2. The van der Waals surface area contributed by atoms with Crippen LogP contribution in [0.25, 0.3) is 0 Å². The molecule has 2 amide bonds. The highest BCUT2D eigenvalue weighted by atomic mass is 19.1. The van der Waals surface area contributed by atoms with Gasteiger partial charge in [-0.25, -0.2) is 8.78 Å². The molecule has 7 heteroatoms. The van der Waals surface area contributed by atoms with E-state index in [4.69, 9.17) is 0 Å². The van der Waals surface area contributed by atoms with Crippen LogP contribution in [0.3, 0.4) is 0 Å². The van der Waals surface area contributed by atoms with Crippen molar-refractivity contribution in [2.45, 2.75) is 6.42 Å². The zero-order valence-electron chi connectivity index (χ0n) is 15.3. The van der Waals surface area contributed by atoms with E-state index in [1.165, 1.54) is 30.3 Å². The van der Waals surface area contributed by atoms with Crippen LogP contribution in [0.5, 0.6) is 0 Å². The Kier molecular flexibility index (Phi) is 4.98. The van der Waals surface area contributed by atoms with Crippen LogP contribution in [-0.4, -0.2) is 42.9 Å². The van der Waals surface area contributed by atoms with Crippen LogP contribution in [0, 0.1) is 23.5 Å². The van der Waals surface area contributed by atoms with Crippen LogP contribution < -0.4 is 10.2 Å². The fraction of sp³-hybridized carbons (Fsp3) is 0.333. The van der Waals surface area contributed by atoms with E-state index in [0.29, 0.717) is 38.3 Å². The number of rotatable bonds is 4. The number of carbonyl (C=O) groups is 2. The molecule has 0 bridgehead atoms. The van der Waals surface area contributed by atoms with E-state index < -0.39 is 5.82 Å². The molecular weight excluding hydrogens is 364 g/mol. The van der Waals surface area contributed by atoms with E-state index in [1.54, 1.807) is 23.1 Å². The molecule has 2 atom stereocenters. The van der Waals surface area contributed by atoms with Crippen LogP contribution in [-0.2, 0) is 9.59 Å². The summed E-state index contributed by atoms with van der Waals surface area (Å²) in [6.45, 7) is 2.49. The SMILES string of the molecule is O=C(Nc1cccc(F)c1)C1CC1C(=O)N1CCN(c2ccc(F)cc2)CC1. The minimum atomic E-state index is -0.416. The summed E-state index contributed by atoms with van der Waals surface area (Å²) in [5, 5.41) is 2.68. The molecule has 5 nitrogen and oxygen atoms in total. The number of nitrogens with one attached hydrogen (secondary N) is 1. The molecular formula is C21H21F2N3O2. The normalized spacial score (nSPS) is 21.4. The smallest absolute Gasteiger partial charge is 0.228 e. The van der Waals surface area contributed by atoms with E-state index >= 15 is 0 Å². The first kappa shape index (κ1) is 18.4. The van der Waals surface area contributed by atoms with E-state index in [9.17, 15) is 18.4 Å². The fourth-order valence-corrected chi connectivity index (χ4v) is 3.63. The van der Waals surface area contributed by atoms with Gasteiger partial charge in [-0.15, -0.1) is 0 Å². The Labute approximate surface area is 161 Å². The summed E-state index contributed by atoms with van der Waals surface area (Å²) in [6, 6.07) is 12.0. The summed E-state index contributed by atoms with van der Waals surface area (Å²) < 4.78 is 26.3. The second kappa shape index (κ2) is 7.58. The average molecular weight is 385 g/mol. The predicted octanol–water partition coefficient (Wildman–Crippen LogP) is 2.89. The van der Waals surface area contributed by atoms with Crippen molar-refractivity contribution in [3.8, 4) is 0 Å². The first-order valence-electron chi connectivity index (χ1n) is 9.37. The van der Waals surface area contributed by atoms with Crippen molar-refractivity contribution in [1.29, 1.82) is 0 Å². The molecule has 2 aromatic carbocycles. The standard InChI is InChI=1S/C21H21F2N3O2/c22-14-4-6-17(7-5-14)25-8-10-26(11-9-25)21(28)19-13-18(19)20(27)24-16-3-1-2-15(23)12-16/h1-7,12,18-19H,8-11,13H2,(H,24,27). The maximum atomic E-state index is 13.2. The number of nitrogens with zero attached hydrogens (tertiary/aromatic N) is 2. The third-order valence-corrected chi connectivity index (χ3v) is 5.32. The lowest BCUT2D eigenvalue weighted by Gasteiger charge is -2.36. The molecule has 2 aliphatic rings. The van der Waals surface area contributed by atoms with Crippen LogP contribution >= 0.6 is 0 Å².